The van der Waals surface area contributed by atoms with Gasteiger partial charge in [-0.3, -0.25) is 4.79 Å². The molecule has 1 aromatic rings. The van der Waals surface area contributed by atoms with Gasteiger partial charge in [0.1, 0.15) is 0 Å². The molecule has 1 aromatic carbocycles. The first-order chi connectivity index (χ1) is 9.96. The summed E-state index contributed by atoms with van der Waals surface area (Å²) in [5.74, 6) is -0.220. The van der Waals surface area contributed by atoms with E-state index < -0.39 is 9.84 Å². The Bertz CT molecular complexity index is 558. The molecule has 0 aromatic heterocycles. The van der Waals surface area contributed by atoms with E-state index in [2.05, 4.69) is 5.32 Å². The molecule has 0 radical (unpaired) electrons. The van der Waals surface area contributed by atoms with Crippen LogP contribution >= 0.6 is 0 Å². The van der Waals surface area contributed by atoms with E-state index in [1.54, 1.807) is 12.1 Å². The predicted molar refractivity (Wildman–Crippen MR) is 82.7 cm³/mol. The lowest BCUT2D eigenvalue weighted by molar-refractivity contribution is -0.116. The molecule has 0 bridgehead atoms. The third-order valence-corrected chi connectivity index (χ3v) is 4.60. The quantitative estimate of drug-likeness (QED) is 0.706. The monoisotopic (exact) mass is 314 g/mol. The largest absolute Gasteiger partial charge is 0.384 e. The Kier molecular flexibility index (Phi) is 7.35. The van der Waals surface area contributed by atoms with E-state index >= 15 is 0 Å². The highest BCUT2D eigenvalue weighted by molar-refractivity contribution is 7.91. The summed E-state index contributed by atoms with van der Waals surface area (Å²) in [6.45, 7) is 0.585. The van der Waals surface area contributed by atoms with E-state index in [1.807, 2.05) is 12.1 Å². The fourth-order valence-corrected chi connectivity index (χ4v) is 2.97. The fourth-order valence-electron chi connectivity index (χ4n) is 1.76. The van der Waals surface area contributed by atoms with Crippen LogP contribution in [0.4, 0.5) is 5.69 Å². The van der Waals surface area contributed by atoms with E-state index in [9.17, 15) is 13.2 Å². The number of amides is 1. The van der Waals surface area contributed by atoms with Crippen molar-refractivity contribution in [3.05, 3.63) is 29.8 Å². The summed E-state index contributed by atoms with van der Waals surface area (Å²) >= 11 is 0. The van der Waals surface area contributed by atoms with Gasteiger partial charge in [0.05, 0.1) is 18.1 Å². The number of nitrogens with one attached hydrogen (secondary N) is 1. The zero-order valence-corrected chi connectivity index (χ0v) is 13.0. The number of benzene rings is 1. The average Bonchev–Trinajstić information content (AvgIpc) is 2.45. The van der Waals surface area contributed by atoms with Gasteiger partial charge in [-0.15, -0.1) is 0 Å². The van der Waals surface area contributed by atoms with Crippen molar-refractivity contribution < 1.29 is 17.9 Å². The highest BCUT2D eigenvalue weighted by Crippen LogP contribution is 2.11. The van der Waals surface area contributed by atoms with Crippen molar-refractivity contribution in [3.63, 3.8) is 0 Å². The second-order valence-corrected chi connectivity index (χ2v) is 7.00. The number of anilines is 1. The van der Waals surface area contributed by atoms with E-state index in [1.165, 1.54) is 7.11 Å². The summed E-state index contributed by atoms with van der Waals surface area (Å²) in [7, 11) is -1.69. The Labute approximate surface area is 125 Å². The Morgan fingerprint density at radius 3 is 2.76 bits per heavy atom. The molecule has 0 atom stereocenters. The Morgan fingerprint density at radius 1 is 1.33 bits per heavy atom. The van der Waals surface area contributed by atoms with E-state index in [0.717, 1.165) is 5.56 Å². The summed E-state index contributed by atoms with van der Waals surface area (Å²) < 4.78 is 27.9. The topological polar surface area (TPSA) is 98.5 Å². The van der Waals surface area contributed by atoms with Crippen molar-refractivity contribution in [2.24, 2.45) is 5.73 Å². The Hall–Kier alpha value is -1.44. The van der Waals surface area contributed by atoms with E-state index in [0.29, 0.717) is 18.7 Å². The predicted octanol–water partition coefficient (Wildman–Crippen LogP) is 0.925. The SMILES string of the molecule is COCCS(=O)(=O)CCCC(=O)Nc1cccc(CN)c1. The van der Waals surface area contributed by atoms with Crippen molar-refractivity contribution in [3.8, 4) is 0 Å². The summed E-state index contributed by atoms with van der Waals surface area (Å²) in [6, 6.07) is 7.25. The van der Waals surface area contributed by atoms with Crippen molar-refractivity contribution in [2.45, 2.75) is 19.4 Å². The van der Waals surface area contributed by atoms with Crippen molar-refractivity contribution in [1.82, 2.24) is 0 Å². The van der Waals surface area contributed by atoms with Gasteiger partial charge in [-0.05, 0) is 24.1 Å². The Morgan fingerprint density at radius 2 is 2.10 bits per heavy atom. The first-order valence-corrected chi connectivity index (χ1v) is 8.57. The molecule has 6 nitrogen and oxygen atoms in total. The molecular weight excluding hydrogens is 292 g/mol. The molecule has 0 aliphatic carbocycles. The van der Waals surface area contributed by atoms with E-state index in [-0.39, 0.29) is 30.4 Å². The van der Waals surface area contributed by atoms with Crippen LogP contribution in [0.5, 0.6) is 0 Å². The Balaban J connectivity index is 2.37. The number of hydrogen-bond acceptors (Lipinski definition) is 5. The van der Waals surface area contributed by atoms with Gasteiger partial charge in [-0.2, -0.15) is 0 Å². The molecule has 1 amide bonds. The van der Waals surface area contributed by atoms with Crippen LogP contribution in [0, 0.1) is 0 Å². The number of rotatable bonds is 9. The van der Waals surface area contributed by atoms with Crippen LogP contribution in [-0.2, 0) is 25.9 Å². The molecule has 1 rings (SSSR count). The van der Waals surface area contributed by atoms with Gasteiger partial charge in [0, 0.05) is 25.8 Å². The number of carbonyl (C=O) groups is 1. The van der Waals surface area contributed by atoms with Gasteiger partial charge < -0.3 is 15.8 Å². The second kappa shape index (κ2) is 8.76. The lowest BCUT2D eigenvalue weighted by Gasteiger charge is -2.07. The van der Waals surface area contributed by atoms with Crippen LogP contribution in [0.1, 0.15) is 18.4 Å². The minimum atomic E-state index is -3.14. The molecule has 7 heteroatoms. The minimum absolute atomic E-state index is 0.00732. The standard InChI is InChI=1S/C14H22N2O4S/c1-20-7-9-21(18,19)8-3-6-14(17)16-13-5-2-4-12(10-13)11-15/h2,4-5,10H,3,6-9,11,15H2,1H3,(H,16,17). The van der Waals surface area contributed by atoms with Crippen LogP contribution in [-0.4, -0.2) is 39.5 Å². The average molecular weight is 314 g/mol. The molecule has 0 unspecified atom stereocenters. The van der Waals surface area contributed by atoms with Crippen LogP contribution in [0.3, 0.4) is 0 Å². The molecule has 0 saturated carbocycles. The number of hydrogen-bond donors (Lipinski definition) is 2. The summed E-state index contributed by atoms with van der Waals surface area (Å²) in [6.07, 6.45) is 0.466. The van der Waals surface area contributed by atoms with Gasteiger partial charge in [-0.25, -0.2) is 8.42 Å². The number of carbonyl (C=O) groups excluding carboxylic acids is 1. The molecule has 0 fully saturated rings. The van der Waals surface area contributed by atoms with E-state index in [4.69, 9.17) is 10.5 Å². The zero-order valence-electron chi connectivity index (χ0n) is 12.2. The van der Waals surface area contributed by atoms with Crippen LogP contribution in [0.15, 0.2) is 24.3 Å². The van der Waals surface area contributed by atoms with Gasteiger partial charge in [0.25, 0.3) is 0 Å². The number of nitrogens with two attached hydrogens (primary N) is 1. The van der Waals surface area contributed by atoms with Gasteiger partial charge in [-0.1, -0.05) is 12.1 Å². The summed E-state index contributed by atoms with van der Waals surface area (Å²) in [5, 5.41) is 2.73. The third-order valence-electron chi connectivity index (χ3n) is 2.90. The number of ether oxygens (including phenoxy) is 1. The molecule has 0 heterocycles. The number of sulfone groups is 1. The number of methoxy groups -OCH3 is 1. The second-order valence-electron chi connectivity index (χ2n) is 4.70. The smallest absolute Gasteiger partial charge is 0.224 e. The van der Waals surface area contributed by atoms with Gasteiger partial charge >= 0.3 is 0 Å². The van der Waals surface area contributed by atoms with Crippen LogP contribution < -0.4 is 11.1 Å². The molecule has 21 heavy (non-hydrogen) atoms. The van der Waals surface area contributed by atoms with Crippen LogP contribution in [0.25, 0.3) is 0 Å². The van der Waals surface area contributed by atoms with Crippen molar-refractivity contribution in [2.75, 3.05) is 30.5 Å². The molecule has 0 saturated heterocycles. The fraction of sp³-hybridized carbons (Fsp3) is 0.500. The normalized spacial score (nSPS) is 11.3. The van der Waals surface area contributed by atoms with Crippen molar-refractivity contribution in [1.29, 1.82) is 0 Å². The molecule has 0 aliphatic rings. The third kappa shape index (κ3) is 7.22. The first kappa shape index (κ1) is 17.6. The lowest BCUT2D eigenvalue weighted by atomic mass is 10.2. The maximum absolute atomic E-state index is 11.8. The molecular formula is C14H22N2O4S. The van der Waals surface area contributed by atoms with Gasteiger partial charge in [0.2, 0.25) is 5.91 Å². The lowest BCUT2D eigenvalue weighted by Crippen LogP contribution is -2.17. The molecule has 3 N–H and O–H groups in total. The highest BCUT2D eigenvalue weighted by atomic mass is 32.2. The molecule has 118 valence electrons. The van der Waals surface area contributed by atoms with Crippen molar-refractivity contribution >= 4 is 21.4 Å². The van der Waals surface area contributed by atoms with Crippen LogP contribution in [0.2, 0.25) is 0 Å². The van der Waals surface area contributed by atoms with Gasteiger partial charge in [0.15, 0.2) is 9.84 Å². The maximum Gasteiger partial charge on any atom is 0.224 e. The maximum atomic E-state index is 11.8. The zero-order chi connectivity index (χ0) is 15.7. The highest BCUT2D eigenvalue weighted by Gasteiger charge is 2.11. The summed E-state index contributed by atoms with van der Waals surface area (Å²) in [5.41, 5.74) is 7.13. The first-order valence-electron chi connectivity index (χ1n) is 6.75. The minimum Gasteiger partial charge on any atom is -0.384 e. The summed E-state index contributed by atoms with van der Waals surface area (Å²) in [4.78, 5) is 11.8. The molecule has 0 spiro atoms. The molecule has 0 aliphatic heterocycles.